The Balaban J connectivity index is 1.66. The molecule has 0 aliphatic heterocycles. The highest BCUT2D eigenvalue weighted by molar-refractivity contribution is 7.89. The Hall–Kier alpha value is -2.71. The summed E-state index contributed by atoms with van der Waals surface area (Å²) in [5.41, 5.74) is 0.787. The molecular weight excluding hydrogens is 402 g/mol. The molecule has 1 fully saturated rings. The fourth-order valence-corrected chi connectivity index (χ4v) is 4.50. The first kappa shape index (κ1) is 22.0. The summed E-state index contributed by atoms with van der Waals surface area (Å²) in [5.74, 6) is 0.126. The van der Waals surface area contributed by atoms with Gasteiger partial charge in [0.25, 0.3) is 5.91 Å². The average molecular weight is 430 g/mol. The topological polar surface area (TPSA) is 104 Å². The first-order chi connectivity index (χ1) is 13.9. The maximum Gasteiger partial charge on any atom is 0.255 e. The molecule has 160 valence electrons. The molecule has 2 unspecified atom stereocenters. The van der Waals surface area contributed by atoms with Crippen molar-refractivity contribution < 1.29 is 18.0 Å². The molecule has 2 atom stereocenters. The van der Waals surface area contributed by atoms with E-state index in [1.54, 1.807) is 57.2 Å². The van der Waals surface area contributed by atoms with Crippen molar-refractivity contribution in [2.24, 2.45) is 11.8 Å². The molecule has 0 spiro atoms. The van der Waals surface area contributed by atoms with Crippen molar-refractivity contribution in [3.05, 3.63) is 54.1 Å². The van der Waals surface area contributed by atoms with E-state index in [1.165, 1.54) is 12.1 Å². The van der Waals surface area contributed by atoms with Gasteiger partial charge in [0.1, 0.15) is 0 Å². The minimum Gasteiger partial charge on any atom is -0.326 e. The molecule has 0 heterocycles. The second-order valence-electron chi connectivity index (χ2n) is 8.72. The van der Waals surface area contributed by atoms with Crippen LogP contribution in [0.25, 0.3) is 0 Å². The number of rotatable bonds is 6. The summed E-state index contributed by atoms with van der Waals surface area (Å²) in [6.45, 7) is 7.31. The number of benzene rings is 2. The van der Waals surface area contributed by atoms with Crippen molar-refractivity contribution in [1.82, 2.24) is 4.72 Å². The molecule has 0 bridgehead atoms. The Kier molecular flexibility index (Phi) is 6.01. The summed E-state index contributed by atoms with van der Waals surface area (Å²) >= 11 is 0. The minimum absolute atomic E-state index is 0.00147. The van der Waals surface area contributed by atoms with Crippen molar-refractivity contribution in [3.8, 4) is 0 Å². The molecule has 2 amide bonds. The molecular formula is C22H27N3O4S. The van der Waals surface area contributed by atoms with Gasteiger partial charge in [-0.15, -0.1) is 0 Å². The molecule has 30 heavy (non-hydrogen) atoms. The third-order valence-electron chi connectivity index (χ3n) is 4.70. The number of sulfonamides is 1. The zero-order valence-corrected chi connectivity index (χ0v) is 18.3. The number of carbonyl (C=O) groups excluding carboxylic acids is 2. The van der Waals surface area contributed by atoms with E-state index in [1.807, 2.05) is 6.92 Å². The van der Waals surface area contributed by atoms with Crippen LogP contribution < -0.4 is 15.4 Å². The van der Waals surface area contributed by atoms with E-state index in [-0.39, 0.29) is 22.6 Å². The van der Waals surface area contributed by atoms with Crippen LogP contribution in [-0.4, -0.2) is 25.8 Å². The van der Waals surface area contributed by atoms with Gasteiger partial charge in [0.05, 0.1) is 4.90 Å². The Morgan fingerprint density at radius 2 is 1.60 bits per heavy atom. The molecule has 2 aromatic carbocycles. The van der Waals surface area contributed by atoms with E-state index >= 15 is 0 Å². The molecule has 0 saturated heterocycles. The van der Waals surface area contributed by atoms with Gasteiger partial charge in [-0.2, -0.15) is 0 Å². The monoisotopic (exact) mass is 429 g/mol. The molecule has 7 nitrogen and oxygen atoms in total. The van der Waals surface area contributed by atoms with Crippen LogP contribution in [0.1, 0.15) is 44.5 Å². The van der Waals surface area contributed by atoms with Crippen LogP contribution in [0, 0.1) is 11.8 Å². The van der Waals surface area contributed by atoms with Gasteiger partial charge in [-0.1, -0.05) is 13.0 Å². The highest BCUT2D eigenvalue weighted by Gasteiger charge is 2.39. The molecule has 3 N–H and O–H groups in total. The molecule has 1 saturated carbocycles. The maximum absolute atomic E-state index is 12.5. The Bertz CT molecular complexity index is 1060. The number of amides is 2. The van der Waals surface area contributed by atoms with Crippen LogP contribution in [0.4, 0.5) is 11.4 Å². The zero-order valence-electron chi connectivity index (χ0n) is 17.5. The average Bonchev–Trinajstić information content (AvgIpc) is 3.37. The normalized spacial score (nSPS) is 18.5. The summed E-state index contributed by atoms with van der Waals surface area (Å²) in [7, 11) is -3.71. The van der Waals surface area contributed by atoms with Crippen molar-refractivity contribution in [3.63, 3.8) is 0 Å². The fraction of sp³-hybridized carbons (Fsp3) is 0.364. The number of hydrogen-bond acceptors (Lipinski definition) is 4. The summed E-state index contributed by atoms with van der Waals surface area (Å²) in [6, 6.07) is 12.7. The molecule has 2 aromatic rings. The third-order valence-corrected chi connectivity index (χ3v) is 6.46. The van der Waals surface area contributed by atoms with E-state index in [9.17, 15) is 18.0 Å². The first-order valence-corrected chi connectivity index (χ1v) is 11.3. The molecule has 0 aromatic heterocycles. The molecule has 1 aliphatic carbocycles. The Morgan fingerprint density at radius 1 is 0.967 bits per heavy atom. The van der Waals surface area contributed by atoms with Crippen LogP contribution in [0.2, 0.25) is 0 Å². The predicted molar refractivity (Wildman–Crippen MR) is 117 cm³/mol. The smallest absolute Gasteiger partial charge is 0.255 e. The lowest BCUT2D eigenvalue weighted by atomic mass is 10.1. The van der Waals surface area contributed by atoms with Gasteiger partial charge >= 0.3 is 0 Å². The van der Waals surface area contributed by atoms with Crippen molar-refractivity contribution in [1.29, 1.82) is 0 Å². The molecule has 1 aliphatic rings. The lowest BCUT2D eigenvalue weighted by Gasteiger charge is -2.20. The SMILES string of the molecule is CC1CC1C(=O)Nc1ccc(C(=O)Nc2cccc(S(=O)(=O)NC(C)(C)C)c2)cc1. The van der Waals surface area contributed by atoms with Gasteiger partial charge in [0.15, 0.2) is 0 Å². The van der Waals surface area contributed by atoms with Crippen LogP contribution in [0.3, 0.4) is 0 Å². The minimum atomic E-state index is -3.71. The maximum atomic E-state index is 12.5. The summed E-state index contributed by atoms with van der Waals surface area (Å²) in [4.78, 5) is 24.6. The van der Waals surface area contributed by atoms with E-state index in [0.717, 1.165) is 6.42 Å². The zero-order chi connectivity index (χ0) is 22.1. The standard InChI is InChI=1S/C22H27N3O4S/c1-14-12-19(14)21(27)23-16-10-8-15(9-11-16)20(26)24-17-6-5-7-18(13-17)30(28,29)25-22(2,3)4/h5-11,13-14,19,25H,12H2,1-4H3,(H,23,27)(H,24,26). The fourth-order valence-electron chi connectivity index (χ4n) is 3.03. The number of anilines is 2. The van der Waals surface area contributed by atoms with Crippen LogP contribution in [0.15, 0.2) is 53.4 Å². The van der Waals surface area contributed by atoms with Gasteiger partial charge in [-0.05, 0) is 75.6 Å². The van der Waals surface area contributed by atoms with E-state index in [0.29, 0.717) is 22.9 Å². The van der Waals surface area contributed by atoms with Crippen molar-refractivity contribution in [2.75, 3.05) is 10.6 Å². The van der Waals surface area contributed by atoms with Gasteiger partial charge in [-0.3, -0.25) is 9.59 Å². The van der Waals surface area contributed by atoms with Gasteiger partial charge < -0.3 is 10.6 Å². The second-order valence-corrected chi connectivity index (χ2v) is 10.4. The first-order valence-electron chi connectivity index (χ1n) is 9.81. The Labute approximate surface area is 177 Å². The van der Waals surface area contributed by atoms with Crippen LogP contribution >= 0.6 is 0 Å². The van der Waals surface area contributed by atoms with Gasteiger partial charge in [-0.25, -0.2) is 13.1 Å². The summed E-state index contributed by atoms with van der Waals surface area (Å²) < 4.78 is 27.6. The van der Waals surface area contributed by atoms with E-state index in [2.05, 4.69) is 15.4 Å². The van der Waals surface area contributed by atoms with Gasteiger partial charge in [0, 0.05) is 28.4 Å². The third kappa shape index (κ3) is 5.67. The van der Waals surface area contributed by atoms with Crippen molar-refractivity contribution in [2.45, 2.75) is 44.6 Å². The van der Waals surface area contributed by atoms with E-state index < -0.39 is 15.6 Å². The summed E-state index contributed by atoms with van der Waals surface area (Å²) in [6.07, 6.45) is 0.909. The van der Waals surface area contributed by atoms with E-state index in [4.69, 9.17) is 0 Å². The summed E-state index contributed by atoms with van der Waals surface area (Å²) in [5, 5.41) is 5.56. The number of hydrogen-bond donors (Lipinski definition) is 3. The highest BCUT2D eigenvalue weighted by Crippen LogP contribution is 2.38. The number of nitrogens with one attached hydrogen (secondary N) is 3. The van der Waals surface area contributed by atoms with Crippen LogP contribution in [0.5, 0.6) is 0 Å². The predicted octanol–water partition coefficient (Wildman–Crippen LogP) is 3.61. The largest absolute Gasteiger partial charge is 0.326 e. The lowest BCUT2D eigenvalue weighted by Crippen LogP contribution is -2.40. The molecule has 8 heteroatoms. The van der Waals surface area contributed by atoms with Gasteiger partial charge in [0.2, 0.25) is 15.9 Å². The molecule has 0 radical (unpaired) electrons. The quantitative estimate of drug-likeness (QED) is 0.652. The highest BCUT2D eigenvalue weighted by atomic mass is 32.2. The lowest BCUT2D eigenvalue weighted by molar-refractivity contribution is -0.117. The Morgan fingerprint density at radius 3 is 2.17 bits per heavy atom. The van der Waals surface area contributed by atoms with Crippen molar-refractivity contribution >= 4 is 33.2 Å². The molecule has 3 rings (SSSR count). The number of carbonyl (C=O) groups is 2. The van der Waals surface area contributed by atoms with Crippen LogP contribution in [-0.2, 0) is 14.8 Å². The second kappa shape index (κ2) is 8.20.